The van der Waals surface area contributed by atoms with Crippen molar-refractivity contribution in [3.63, 3.8) is 0 Å². The molecule has 1 N–H and O–H groups in total. The topological polar surface area (TPSA) is 68.0 Å². The monoisotopic (exact) mass is 530 g/mol. The Morgan fingerprint density at radius 2 is 2.09 bits per heavy atom. The Morgan fingerprint density at radius 1 is 1.38 bits per heavy atom. The first-order chi connectivity index (χ1) is 15.0. The lowest BCUT2D eigenvalue weighted by Crippen LogP contribution is -2.35. The third kappa shape index (κ3) is 3.94. The maximum absolute atomic E-state index is 13.9. The van der Waals surface area contributed by atoms with Crippen molar-refractivity contribution in [1.82, 2.24) is 24.5 Å². The number of alkyl halides is 3. The molecule has 2 atom stereocenters. The van der Waals surface area contributed by atoms with E-state index in [1.165, 1.54) is 16.2 Å². The number of thiophene rings is 1. The number of aromatic nitrogens is 4. The highest BCUT2D eigenvalue weighted by Crippen LogP contribution is 2.47. The molecular formula is C20H22BrF3N6OS. The second-order valence-electron chi connectivity index (χ2n) is 7.90. The van der Waals surface area contributed by atoms with E-state index in [0.717, 1.165) is 26.5 Å². The number of rotatable bonds is 4. The molecule has 1 aliphatic rings. The Bertz CT molecular complexity index is 1150. The molecule has 0 bridgehead atoms. The SMILES string of the molecule is Cc1nn(C)c(C)c1CN(C)C(=O)c1nn2c(c1Br)N[C@H](c1cccs1)C[C@@H]2C(F)(F)F. The van der Waals surface area contributed by atoms with Crippen LogP contribution in [-0.2, 0) is 13.6 Å². The minimum atomic E-state index is -4.51. The zero-order valence-electron chi connectivity index (χ0n) is 17.9. The van der Waals surface area contributed by atoms with Gasteiger partial charge in [-0.1, -0.05) is 6.07 Å². The summed E-state index contributed by atoms with van der Waals surface area (Å²) in [6.45, 7) is 4.03. The van der Waals surface area contributed by atoms with Gasteiger partial charge in [0.05, 0.1) is 16.2 Å². The van der Waals surface area contributed by atoms with Gasteiger partial charge < -0.3 is 10.2 Å². The number of amides is 1. The summed E-state index contributed by atoms with van der Waals surface area (Å²) in [6.07, 6.45) is -4.71. The summed E-state index contributed by atoms with van der Waals surface area (Å²) >= 11 is 4.72. The predicted octanol–water partition coefficient (Wildman–Crippen LogP) is 4.99. The molecule has 0 saturated heterocycles. The Labute approximate surface area is 195 Å². The molecule has 1 amide bonds. The third-order valence-electron chi connectivity index (χ3n) is 5.79. The van der Waals surface area contributed by atoms with Gasteiger partial charge in [0.1, 0.15) is 5.82 Å². The summed E-state index contributed by atoms with van der Waals surface area (Å²) in [5.74, 6) is -0.320. The predicted molar refractivity (Wildman–Crippen MR) is 119 cm³/mol. The van der Waals surface area contributed by atoms with E-state index in [2.05, 4.69) is 31.4 Å². The quantitative estimate of drug-likeness (QED) is 0.515. The first kappa shape index (κ1) is 22.8. The van der Waals surface area contributed by atoms with Crippen LogP contribution in [0.25, 0.3) is 0 Å². The Morgan fingerprint density at radius 3 is 2.66 bits per heavy atom. The van der Waals surface area contributed by atoms with Crippen LogP contribution in [0.15, 0.2) is 22.0 Å². The van der Waals surface area contributed by atoms with Crippen molar-refractivity contribution >= 4 is 39.0 Å². The number of halogens is 4. The molecule has 172 valence electrons. The summed E-state index contributed by atoms with van der Waals surface area (Å²) in [4.78, 5) is 15.4. The van der Waals surface area contributed by atoms with Crippen LogP contribution in [0.3, 0.4) is 0 Å². The van der Waals surface area contributed by atoms with Gasteiger partial charge >= 0.3 is 6.18 Å². The molecule has 7 nitrogen and oxygen atoms in total. The molecule has 0 radical (unpaired) electrons. The zero-order chi connectivity index (χ0) is 23.4. The maximum atomic E-state index is 13.9. The minimum absolute atomic E-state index is 0.0599. The Balaban J connectivity index is 1.67. The average molecular weight is 531 g/mol. The normalized spacial score (nSPS) is 18.4. The van der Waals surface area contributed by atoms with E-state index in [9.17, 15) is 18.0 Å². The van der Waals surface area contributed by atoms with Gasteiger partial charge in [-0.3, -0.25) is 9.48 Å². The van der Waals surface area contributed by atoms with Crippen LogP contribution in [0.2, 0.25) is 0 Å². The number of carbonyl (C=O) groups excluding carboxylic acids is 1. The van der Waals surface area contributed by atoms with Crippen molar-refractivity contribution in [3.8, 4) is 0 Å². The van der Waals surface area contributed by atoms with Crippen LogP contribution in [0, 0.1) is 13.8 Å². The number of carbonyl (C=O) groups is 1. The molecule has 0 aliphatic carbocycles. The van der Waals surface area contributed by atoms with Crippen LogP contribution in [0.5, 0.6) is 0 Å². The van der Waals surface area contributed by atoms with E-state index in [0.29, 0.717) is 0 Å². The average Bonchev–Trinajstić information content (AvgIpc) is 3.42. The highest BCUT2D eigenvalue weighted by molar-refractivity contribution is 9.10. The molecule has 0 spiro atoms. The van der Waals surface area contributed by atoms with Crippen LogP contribution >= 0.6 is 27.3 Å². The Hall–Kier alpha value is -2.34. The molecular weight excluding hydrogens is 509 g/mol. The zero-order valence-corrected chi connectivity index (χ0v) is 20.3. The first-order valence-electron chi connectivity index (χ1n) is 9.88. The number of nitrogens with one attached hydrogen (secondary N) is 1. The van der Waals surface area contributed by atoms with Crippen molar-refractivity contribution in [1.29, 1.82) is 0 Å². The summed E-state index contributed by atoms with van der Waals surface area (Å²) in [6, 6.07) is 1.24. The highest BCUT2D eigenvalue weighted by Gasteiger charge is 2.48. The molecule has 4 heterocycles. The van der Waals surface area contributed by atoms with E-state index < -0.39 is 24.2 Å². The summed E-state index contributed by atoms with van der Waals surface area (Å²) in [5.41, 5.74) is 2.55. The fourth-order valence-electron chi connectivity index (χ4n) is 3.94. The summed E-state index contributed by atoms with van der Waals surface area (Å²) < 4.78 is 44.6. The molecule has 0 fully saturated rings. The summed E-state index contributed by atoms with van der Waals surface area (Å²) in [7, 11) is 3.42. The van der Waals surface area contributed by atoms with Gasteiger partial charge in [-0.25, -0.2) is 4.68 Å². The van der Waals surface area contributed by atoms with Crippen molar-refractivity contribution < 1.29 is 18.0 Å². The fraction of sp³-hybridized carbons (Fsp3) is 0.450. The van der Waals surface area contributed by atoms with Crippen LogP contribution in [0.4, 0.5) is 19.0 Å². The first-order valence-corrected chi connectivity index (χ1v) is 11.6. The Kier molecular flexibility index (Phi) is 5.86. The van der Waals surface area contributed by atoms with Gasteiger partial charge in [0.2, 0.25) is 0 Å². The molecule has 3 aromatic rings. The van der Waals surface area contributed by atoms with E-state index in [1.54, 1.807) is 23.9 Å². The lowest BCUT2D eigenvalue weighted by atomic mass is 10.0. The molecule has 0 saturated carbocycles. The van der Waals surface area contributed by atoms with Crippen LogP contribution < -0.4 is 5.32 Å². The molecule has 1 aliphatic heterocycles. The highest BCUT2D eigenvalue weighted by atomic mass is 79.9. The van der Waals surface area contributed by atoms with Crippen LogP contribution in [-0.4, -0.2) is 43.6 Å². The molecule has 0 unspecified atom stereocenters. The van der Waals surface area contributed by atoms with E-state index in [-0.39, 0.29) is 29.0 Å². The molecule has 0 aromatic carbocycles. The van der Waals surface area contributed by atoms with Gasteiger partial charge in [0.15, 0.2) is 11.7 Å². The van der Waals surface area contributed by atoms with Gasteiger partial charge in [-0.05, 0) is 41.2 Å². The largest absolute Gasteiger partial charge is 0.410 e. The van der Waals surface area contributed by atoms with Gasteiger partial charge in [0, 0.05) is 43.2 Å². The molecule has 32 heavy (non-hydrogen) atoms. The lowest BCUT2D eigenvalue weighted by molar-refractivity contribution is -0.173. The van der Waals surface area contributed by atoms with Crippen molar-refractivity contribution in [2.45, 2.75) is 45.1 Å². The number of nitrogens with zero attached hydrogens (tertiary/aromatic N) is 5. The molecule has 3 aromatic heterocycles. The van der Waals surface area contributed by atoms with E-state index in [4.69, 9.17) is 0 Å². The standard InChI is InChI=1S/C20H22BrF3N6OS/c1-10-12(11(2)29(4)26-10)9-28(3)19(31)17-16(21)18-25-13(14-6-5-7-32-14)8-15(20(22,23)24)30(18)27-17/h5-7,13,15,25H,8-9H2,1-4H3/t13-,15+/m0/s1. The fourth-order valence-corrected chi connectivity index (χ4v) is 5.27. The number of anilines is 1. The number of aryl methyl sites for hydroxylation is 2. The summed E-state index contributed by atoms with van der Waals surface area (Å²) in [5, 5.41) is 13.4. The molecule has 12 heteroatoms. The second-order valence-corrected chi connectivity index (χ2v) is 9.67. The van der Waals surface area contributed by atoms with Crippen molar-refractivity contribution in [3.05, 3.63) is 49.5 Å². The minimum Gasteiger partial charge on any atom is -0.362 e. The van der Waals surface area contributed by atoms with Crippen LogP contribution in [0.1, 0.15) is 50.8 Å². The van der Waals surface area contributed by atoms with Gasteiger partial charge in [-0.2, -0.15) is 23.4 Å². The smallest absolute Gasteiger partial charge is 0.362 e. The van der Waals surface area contributed by atoms with Crippen molar-refractivity contribution in [2.24, 2.45) is 7.05 Å². The number of hydrogen-bond acceptors (Lipinski definition) is 5. The van der Waals surface area contributed by atoms with E-state index >= 15 is 0 Å². The van der Waals surface area contributed by atoms with Gasteiger partial charge in [0.25, 0.3) is 5.91 Å². The number of hydrogen-bond donors (Lipinski definition) is 1. The van der Waals surface area contributed by atoms with Crippen molar-refractivity contribution in [2.75, 3.05) is 12.4 Å². The second kappa shape index (κ2) is 8.22. The third-order valence-corrected chi connectivity index (χ3v) is 7.52. The number of fused-ring (bicyclic) bond motifs is 1. The van der Waals surface area contributed by atoms with Gasteiger partial charge in [-0.15, -0.1) is 11.3 Å². The maximum Gasteiger partial charge on any atom is 0.410 e. The lowest BCUT2D eigenvalue weighted by Gasteiger charge is -2.33. The van der Waals surface area contributed by atoms with E-state index in [1.807, 2.05) is 26.3 Å². The molecule has 4 rings (SSSR count).